The molecule has 0 radical (unpaired) electrons. The van der Waals surface area contributed by atoms with Crippen LogP contribution in [0.1, 0.15) is 16.2 Å². The van der Waals surface area contributed by atoms with Gasteiger partial charge >= 0.3 is 17.7 Å². The minimum atomic E-state index is -0.778. The van der Waals surface area contributed by atoms with Gasteiger partial charge in [0.25, 0.3) is 0 Å². The van der Waals surface area contributed by atoms with Crippen LogP contribution in [0.5, 0.6) is 0 Å². The fraction of sp³-hybridized carbons (Fsp3) is 0.167. The van der Waals surface area contributed by atoms with E-state index in [0.717, 1.165) is 11.3 Å². The second-order valence-corrected chi connectivity index (χ2v) is 4.42. The van der Waals surface area contributed by atoms with Crippen molar-refractivity contribution in [3.63, 3.8) is 0 Å². The first-order valence-electron chi connectivity index (χ1n) is 6.15. The zero-order valence-corrected chi connectivity index (χ0v) is 11.8. The maximum atomic E-state index is 11.6. The van der Waals surface area contributed by atoms with E-state index in [-0.39, 0.29) is 5.82 Å². The normalized spacial score (nSPS) is 10.6. The van der Waals surface area contributed by atoms with E-state index in [2.05, 4.69) is 20.6 Å². The van der Waals surface area contributed by atoms with Gasteiger partial charge in [0.15, 0.2) is 0 Å². The number of benzene rings is 1. The van der Waals surface area contributed by atoms with Crippen molar-refractivity contribution in [1.29, 1.82) is 0 Å². The maximum Gasteiger partial charge on any atom is 0.454 e. The number of nitrogens with one attached hydrogen (secondary N) is 2. The van der Waals surface area contributed by atoms with Crippen molar-refractivity contribution in [2.24, 2.45) is 5.10 Å². The molecule has 0 aliphatic carbocycles. The molecule has 0 saturated carbocycles. The number of carbonyl (C=O) groups excluding carboxylic acids is 1. The quantitative estimate of drug-likeness (QED) is 0.471. The van der Waals surface area contributed by atoms with E-state index in [0.29, 0.717) is 0 Å². The summed E-state index contributed by atoms with van der Waals surface area (Å²) in [6.45, 7) is 0. The number of nitrogens with zero attached hydrogens (tertiary/aromatic N) is 5. The summed E-state index contributed by atoms with van der Waals surface area (Å²) in [6.07, 6.45) is 1.44. The Morgan fingerprint density at radius 3 is 2.64 bits per heavy atom. The third-order valence-electron chi connectivity index (χ3n) is 2.64. The van der Waals surface area contributed by atoms with Gasteiger partial charge in [-0.25, -0.2) is 5.43 Å². The van der Waals surface area contributed by atoms with Crippen LogP contribution < -0.4 is 10.3 Å². The molecule has 1 amide bonds. The largest absolute Gasteiger partial charge is 0.454 e. The number of rotatable bonds is 5. The first-order chi connectivity index (χ1) is 10.5. The van der Waals surface area contributed by atoms with Crippen molar-refractivity contribution in [3.05, 3.63) is 45.8 Å². The molecule has 2 aromatic rings. The molecule has 0 spiro atoms. The zero-order valence-electron chi connectivity index (χ0n) is 11.8. The highest BCUT2D eigenvalue weighted by atomic mass is 16.6. The Balaban J connectivity index is 1.96. The molecule has 1 aromatic heterocycles. The van der Waals surface area contributed by atoms with Crippen molar-refractivity contribution < 1.29 is 9.72 Å². The van der Waals surface area contributed by atoms with Gasteiger partial charge in [0.2, 0.25) is 0 Å². The Bertz CT molecular complexity index is 706. The SMILES string of the molecule is CN(C)c1ccc(/C=N\NC(=O)c2n[nH]c([N+](=O)[O-])n2)cc1. The standard InChI is InChI=1S/C12H13N7O3/c1-18(2)9-5-3-8(4-6-9)7-13-16-11(20)10-14-12(17-15-10)19(21)22/h3-7H,1-2H3,(H,16,20)(H,14,15,17)/b13-7-. The number of hydrogen-bond acceptors (Lipinski definition) is 7. The lowest BCUT2D eigenvalue weighted by atomic mass is 10.2. The van der Waals surface area contributed by atoms with Gasteiger partial charge in [-0.2, -0.15) is 5.10 Å². The Morgan fingerprint density at radius 1 is 1.41 bits per heavy atom. The third kappa shape index (κ3) is 3.62. The number of anilines is 1. The van der Waals surface area contributed by atoms with E-state index in [9.17, 15) is 14.9 Å². The van der Waals surface area contributed by atoms with Crippen molar-refractivity contribution in [2.45, 2.75) is 0 Å². The molecule has 2 N–H and O–H groups in total. The Morgan fingerprint density at radius 2 is 2.09 bits per heavy atom. The molecular formula is C12H13N7O3. The van der Waals surface area contributed by atoms with Crippen molar-refractivity contribution in [3.8, 4) is 0 Å². The fourth-order valence-corrected chi connectivity index (χ4v) is 1.51. The van der Waals surface area contributed by atoms with Crippen molar-refractivity contribution >= 4 is 23.8 Å². The number of aromatic amines is 1. The highest BCUT2D eigenvalue weighted by Gasteiger charge is 2.20. The summed E-state index contributed by atoms with van der Waals surface area (Å²) in [5, 5.41) is 19.6. The van der Waals surface area contributed by atoms with E-state index in [1.54, 1.807) is 0 Å². The van der Waals surface area contributed by atoms with Crippen LogP contribution in [-0.2, 0) is 0 Å². The topological polar surface area (TPSA) is 129 Å². The van der Waals surface area contributed by atoms with E-state index in [1.165, 1.54) is 6.21 Å². The van der Waals surface area contributed by atoms with Crippen LogP contribution in [-0.4, -0.2) is 46.3 Å². The minimum Gasteiger partial charge on any atom is -0.390 e. The molecule has 1 aromatic carbocycles. The van der Waals surface area contributed by atoms with Crippen molar-refractivity contribution in [1.82, 2.24) is 20.6 Å². The number of hydrazone groups is 1. The summed E-state index contributed by atoms with van der Waals surface area (Å²) in [5.74, 6) is -1.70. The number of nitro groups is 1. The maximum absolute atomic E-state index is 11.6. The van der Waals surface area contributed by atoms with Gasteiger partial charge in [-0.05, 0) is 27.6 Å². The molecule has 0 aliphatic heterocycles. The molecule has 0 unspecified atom stereocenters. The molecule has 114 valence electrons. The van der Waals surface area contributed by atoms with E-state index < -0.39 is 16.8 Å². The summed E-state index contributed by atoms with van der Waals surface area (Å²) in [6, 6.07) is 7.48. The van der Waals surface area contributed by atoms with Gasteiger partial charge in [0, 0.05) is 19.8 Å². The van der Waals surface area contributed by atoms with Gasteiger partial charge < -0.3 is 15.0 Å². The van der Waals surface area contributed by atoms with Gasteiger partial charge in [-0.15, -0.1) is 5.10 Å². The fourth-order valence-electron chi connectivity index (χ4n) is 1.51. The van der Waals surface area contributed by atoms with Crippen LogP contribution in [0.4, 0.5) is 11.6 Å². The number of amides is 1. The summed E-state index contributed by atoms with van der Waals surface area (Å²) in [7, 11) is 3.86. The van der Waals surface area contributed by atoms with Gasteiger partial charge in [-0.1, -0.05) is 17.2 Å². The van der Waals surface area contributed by atoms with E-state index in [4.69, 9.17) is 0 Å². The lowest BCUT2D eigenvalue weighted by Crippen LogP contribution is -2.19. The van der Waals surface area contributed by atoms with E-state index in [1.807, 2.05) is 48.4 Å². The molecular weight excluding hydrogens is 290 g/mol. The summed E-state index contributed by atoms with van der Waals surface area (Å²) in [4.78, 5) is 26.6. The molecule has 22 heavy (non-hydrogen) atoms. The monoisotopic (exact) mass is 303 g/mol. The molecule has 1 heterocycles. The van der Waals surface area contributed by atoms with Crippen LogP contribution in [0.3, 0.4) is 0 Å². The van der Waals surface area contributed by atoms with Gasteiger partial charge in [-0.3, -0.25) is 4.79 Å². The Hall–Kier alpha value is -3.30. The van der Waals surface area contributed by atoms with E-state index >= 15 is 0 Å². The molecule has 0 bridgehead atoms. The first-order valence-corrected chi connectivity index (χ1v) is 6.15. The number of aromatic nitrogens is 3. The second-order valence-electron chi connectivity index (χ2n) is 4.42. The summed E-state index contributed by atoms with van der Waals surface area (Å²) in [5.41, 5.74) is 4.01. The average molecular weight is 303 g/mol. The second kappa shape index (κ2) is 6.43. The Labute approximate surface area is 125 Å². The molecule has 0 aliphatic rings. The zero-order chi connectivity index (χ0) is 16.1. The molecule has 0 saturated heterocycles. The molecule has 2 rings (SSSR count). The van der Waals surface area contributed by atoms with Crippen LogP contribution in [0.25, 0.3) is 0 Å². The molecule has 10 heteroatoms. The van der Waals surface area contributed by atoms with Crippen LogP contribution in [0.15, 0.2) is 29.4 Å². The molecule has 0 fully saturated rings. The highest BCUT2D eigenvalue weighted by Crippen LogP contribution is 2.10. The van der Waals surface area contributed by atoms with Gasteiger partial charge in [0.05, 0.1) is 6.21 Å². The Kier molecular flexibility index (Phi) is 4.41. The van der Waals surface area contributed by atoms with Crippen LogP contribution >= 0.6 is 0 Å². The van der Waals surface area contributed by atoms with Crippen molar-refractivity contribution in [2.75, 3.05) is 19.0 Å². The van der Waals surface area contributed by atoms with Gasteiger partial charge in [0.1, 0.15) is 0 Å². The average Bonchev–Trinajstić information content (AvgIpc) is 2.98. The first kappa shape index (κ1) is 15.1. The third-order valence-corrected chi connectivity index (χ3v) is 2.64. The summed E-state index contributed by atoms with van der Waals surface area (Å²) < 4.78 is 0. The lowest BCUT2D eigenvalue weighted by molar-refractivity contribution is -0.394. The van der Waals surface area contributed by atoms with Crippen LogP contribution in [0, 0.1) is 10.1 Å². The summed E-state index contributed by atoms with van der Waals surface area (Å²) >= 11 is 0. The lowest BCUT2D eigenvalue weighted by Gasteiger charge is -2.11. The molecule has 0 atom stereocenters. The number of hydrogen-bond donors (Lipinski definition) is 2. The minimum absolute atomic E-state index is 0.355. The predicted octanol–water partition coefficient (Wildman–Crippen LogP) is 0.543. The van der Waals surface area contributed by atoms with Crippen LogP contribution in [0.2, 0.25) is 0 Å². The smallest absolute Gasteiger partial charge is 0.390 e. The predicted molar refractivity (Wildman–Crippen MR) is 78.9 cm³/mol. The molecule has 10 nitrogen and oxygen atoms in total. The highest BCUT2D eigenvalue weighted by molar-refractivity contribution is 5.91. The number of carbonyl (C=O) groups is 1. The number of H-pyrrole nitrogens is 1.